The third-order valence-corrected chi connectivity index (χ3v) is 2.26. The van der Waals surface area contributed by atoms with Crippen LogP contribution in [-0.2, 0) is 4.74 Å². The molecule has 1 aliphatic heterocycles. The smallest absolute Gasteiger partial charge is 0.126 e. The maximum atomic E-state index is 5.60. The molecule has 0 spiro atoms. The average molecular weight is 141 g/mol. The molecule has 0 bridgehead atoms. The first kappa shape index (κ1) is 7.61. The van der Waals surface area contributed by atoms with Gasteiger partial charge in [0, 0.05) is 13.0 Å². The topological polar surface area (TPSA) is 35.2 Å². The van der Waals surface area contributed by atoms with E-state index in [-0.39, 0.29) is 5.60 Å². The van der Waals surface area contributed by atoms with Gasteiger partial charge in [-0.3, -0.25) is 0 Å². The lowest BCUT2D eigenvalue weighted by Gasteiger charge is -2.31. The molecule has 0 fully saturated rings. The van der Waals surface area contributed by atoms with Gasteiger partial charge >= 0.3 is 0 Å². The van der Waals surface area contributed by atoms with Gasteiger partial charge in [0.15, 0.2) is 0 Å². The SMILES string of the molecule is CC(C)C1(CN)CC=CO1. The average Bonchev–Trinajstić information content (AvgIpc) is 2.35. The molecule has 1 atom stereocenters. The van der Waals surface area contributed by atoms with Gasteiger partial charge in [-0.05, 0) is 12.0 Å². The Morgan fingerprint density at radius 2 is 2.40 bits per heavy atom. The number of hydrogen-bond acceptors (Lipinski definition) is 2. The van der Waals surface area contributed by atoms with Crippen LogP contribution in [0.2, 0.25) is 0 Å². The molecular formula is C8H15NO. The number of rotatable bonds is 2. The molecule has 0 saturated heterocycles. The second-order valence-electron chi connectivity index (χ2n) is 3.12. The van der Waals surface area contributed by atoms with Gasteiger partial charge in [-0.15, -0.1) is 0 Å². The lowest BCUT2D eigenvalue weighted by atomic mass is 9.88. The van der Waals surface area contributed by atoms with Gasteiger partial charge < -0.3 is 10.5 Å². The van der Waals surface area contributed by atoms with Gasteiger partial charge in [0.05, 0.1) is 6.26 Å². The van der Waals surface area contributed by atoms with Gasteiger partial charge in [-0.25, -0.2) is 0 Å². The van der Waals surface area contributed by atoms with E-state index in [9.17, 15) is 0 Å². The van der Waals surface area contributed by atoms with Crippen molar-refractivity contribution in [2.45, 2.75) is 25.9 Å². The van der Waals surface area contributed by atoms with Crippen LogP contribution in [0.3, 0.4) is 0 Å². The molecule has 58 valence electrons. The molecule has 1 unspecified atom stereocenters. The molecule has 2 N–H and O–H groups in total. The van der Waals surface area contributed by atoms with E-state index >= 15 is 0 Å². The van der Waals surface area contributed by atoms with Crippen LogP contribution in [0.1, 0.15) is 20.3 Å². The molecule has 0 aromatic rings. The maximum Gasteiger partial charge on any atom is 0.126 e. The molecule has 2 heteroatoms. The van der Waals surface area contributed by atoms with Crippen molar-refractivity contribution < 1.29 is 4.74 Å². The highest BCUT2D eigenvalue weighted by atomic mass is 16.5. The van der Waals surface area contributed by atoms with E-state index in [0.717, 1.165) is 6.42 Å². The lowest BCUT2D eigenvalue weighted by Crippen LogP contribution is -2.42. The van der Waals surface area contributed by atoms with Crippen LogP contribution >= 0.6 is 0 Å². The van der Waals surface area contributed by atoms with E-state index in [1.54, 1.807) is 6.26 Å². The molecule has 2 nitrogen and oxygen atoms in total. The zero-order chi connectivity index (χ0) is 7.61. The third kappa shape index (κ3) is 1.03. The van der Waals surface area contributed by atoms with E-state index in [1.807, 2.05) is 6.08 Å². The molecular weight excluding hydrogens is 126 g/mol. The Morgan fingerprint density at radius 3 is 2.60 bits per heavy atom. The first-order chi connectivity index (χ1) is 4.71. The Labute approximate surface area is 62.1 Å². The summed E-state index contributed by atoms with van der Waals surface area (Å²) in [5.74, 6) is 0.493. The van der Waals surface area contributed by atoms with Crippen LogP contribution in [0, 0.1) is 5.92 Å². The van der Waals surface area contributed by atoms with E-state index < -0.39 is 0 Å². The largest absolute Gasteiger partial charge is 0.493 e. The van der Waals surface area contributed by atoms with Gasteiger partial charge in [0.2, 0.25) is 0 Å². The van der Waals surface area contributed by atoms with Gasteiger partial charge in [-0.2, -0.15) is 0 Å². The van der Waals surface area contributed by atoms with Crippen LogP contribution in [-0.4, -0.2) is 12.1 Å². The minimum absolute atomic E-state index is 0.0972. The van der Waals surface area contributed by atoms with Crippen molar-refractivity contribution in [2.75, 3.05) is 6.54 Å². The third-order valence-electron chi connectivity index (χ3n) is 2.26. The fraction of sp³-hybridized carbons (Fsp3) is 0.750. The summed E-state index contributed by atoms with van der Waals surface area (Å²) in [4.78, 5) is 0. The molecule has 0 radical (unpaired) electrons. The van der Waals surface area contributed by atoms with E-state index in [0.29, 0.717) is 12.5 Å². The molecule has 0 aliphatic carbocycles. The number of ether oxygens (including phenoxy) is 1. The molecule has 1 rings (SSSR count). The molecule has 0 aromatic heterocycles. The predicted molar refractivity (Wildman–Crippen MR) is 41.5 cm³/mol. The Hall–Kier alpha value is -0.500. The summed E-state index contributed by atoms with van der Waals surface area (Å²) >= 11 is 0. The standard InChI is InChI=1S/C8H15NO/c1-7(2)8(6-9)4-3-5-10-8/h3,5,7H,4,6,9H2,1-2H3. The first-order valence-electron chi connectivity index (χ1n) is 3.74. The highest BCUT2D eigenvalue weighted by molar-refractivity contribution is 5.00. The minimum atomic E-state index is -0.0972. The molecule has 0 aromatic carbocycles. The van der Waals surface area contributed by atoms with Crippen LogP contribution in [0.25, 0.3) is 0 Å². The van der Waals surface area contributed by atoms with Crippen molar-refractivity contribution >= 4 is 0 Å². The van der Waals surface area contributed by atoms with Crippen molar-refractivity contribution in [3.05, 3.63) is 12.3 Å². The van der Waals surface area contributed by atoms with Crippen LogP contribution < -0.4 is 5.73 Å². The molecule has 0 amide bonds. The van der Waals surface area contributed by atoms with Gasteiger partial charge in [-0.1, -0.05) is 13.8 Å². The Bertz CT molecular complexity index is 132. The fourth-order valence-electron chi connectivity index (χ4n) is 1.22. The summed E-state index contributed by atoms with van der Waals surface area (Å²) < 4.78 is 5.45. The normalized spacial score (nSPS) is 31.2. The zero-order valence-corrected chi connectivity index (χ0v) is 6.63. The molecule has 1 aliphatic rings. The van der Waals surface area contributed by atoms with Gasteiger partial charge in [0.1, 0.15) is 5.60 Å². The highest BCUT2D eigenvalue weighted by Crippen LogP contribution is 2.29. The first-order valence-corrected chi connectivity index (χ1v) is 3.74. The maximum absolute atomic E-state index is 5.60. The monoisotopic (exact) mass is 141 g/mol. The van der Waals surface area contributed by atoms with Crippen molar-refractivity contribution in [3.63, 3.8) is 0 Å². The summed E-state index contributed by atoms with van der Waals surface area (Å²) in [5.41, 5.74) is 5.51. The van der Waals surface area contributed by atoms with E-state index in [4.69, 9.17) is 10.5 Å². The Morgan fingerprint density at radius 1 is 1.70 bits per heavy atom. The van der Waals surface area contributed by atoms with Crippen LogP contribution in [0.4, 0.5) is 0 Å². The molecule has 10 heavy (non-hydrogen) atoms. The molecule has 1 heterocycles. The summed E-state index contributed by atoms with van der Waals surface area (Å²) in [5, 5.41) is 0. The minimum Gasteiger partial charge on any atom is -0.493 e. The molecule has 0 saturated carbocycles. The van der Waals surface area contributed by atoms with Crippen LogP contribution in [0.5, 0.6) is 0 Å². The predicted octanol–water partition coefficient (Wildman–Crippen LogP) is 1.27. The Balaban J connectivity index is 2.61. The summed E-state index contributed by atoms with van der Waals surface area (Å²) in [6.07, 6.45) is 4.75. The quantitative estimate of drug-likeness (QED) is 0.628. The fourth-order valence-corrected chi connectivity index (χ4v) is 1.22. The lowest BCUT2D eigenvalue weighted by molar-refractivity contribution is 0.00943. The van der Waals surface area contributed by atoms with Gasteiger partial charge in [0.25, 0.3) is 0 Å². The zero-order valence-electron chi connectivity index (χ0n) is 6.63. The summed E-state index contributed by atoms with van der Waals surface area (Å²) in [7, 11) is 0. The summed E-state index contributed by atoms with van der Waals surface area (Å²) in [6, 6.07) is 0. The van der Waals surface area contributed by atoms with Crippen molar-refractivity contribution in [1.82, 2.24) is 0 Å². The second-order valence-corrected chi connectivity index (χ2v) is 3.12. The van der Waals surface area contributed by atoms with Crippen molar-refractivity contribution in [1.29, 1.82) is 0 Å². The number of hydrogen-bond donors (Lipinski definition) is 1. The Kier molecular flexibility index (Phi) is 2.00. The van der Waals surface area contributed by atoms with Crippen molar-refractivity contribution in [3.8, 4) is 0 Å². The van der Waals surface area contributed by atoms with Crippen LogP contribution in [0.15, 0.2) is 12.3 Å². The second kappa shape index (κ2) is 2.62. The van der Waals surface area contributed by atoms with Crippen molar-refractivity contribution in [2.24, 2.45) is 11.7 Å². The van der Waals surface area contributed by atoms with E-state index in [1.165, 1.54) is 0 Å². The highest BCUT2D eigenvalue weighted by Gasteiger charge is 2.34. The van der Waals surface area contributed by atoms with E-state index in [2.05, 4.69) is 13.8 Å². The summed E-state index contributed by atoms with van der Waals surface area (Å²) in [6.45, 7) is 4.89. The number of nitrogens with two attached hydrogens (primary N) is 1.